The minimum absolute atomic E-state index is 0.0897. The lowest BCUT2D eigenvalue weighted by molar-refractivity contribution is 0.304. The number of hydrogen-bond donors (Lipinski definition) is 1. The third-order valence-electron chi connectivity index (χ3n) is 3.73. The Morgan fingerprint density at radius 1 is 1.27 bits per heavy atom. The van der Waals surface area contributed by atoms with Crippen molar-refractivity contribution < 1.29 is 5.11 Å². The molecule has 0 amide bonds. The molecule has 0 unspecified atom stereocenters. The molecule has 3 aromatic rings. The van der Waals surface area contributed by atoms with Gasteiger partial charge in [0.2, 0.25) is 0 Å². The summed E-state index contributed by atoms with van der Waals surface area (Å²) in [6, 6.07) is 3.84. The molecule has 6 heteroatoms. The van der Waals surface area contributed by atoms with Gasteiger partial charge in [0.1, 0.15) is 10.6 Å². The highest BCUT2D eigenvalue weighted by molar-refractivity contribution is 7.18. The molecule has 0 aliphatic rings. The molecule has 3 aromatic heterocycles. The Bertz CT molecular complexity index is 801. The zero-order chi connectivity index (χ0) is 15.7. The van der Waals surface area contributed by atoms with Gasteiger partial charge in [0.25, 0.3) is 0 Å². The van der Waals surface area contributed by atoms with E-state index in [2.05, 4.69) is 18.8 Å². The highest BCUT2D eigenvalue weighted by atomic mass is 32.1. The van der Waals surface area contributed by atoms with Gasteiger partial charge in [-0.05, 0) is 31.5 Å². The van der Waals surface area contributed by atoms with E-state index in [1.165, 1.54) is 10.4 Å². The summed E-state index contributed by atoms with van der Waals surface area (Å²) in [6.07, 6.45) is 3.50. The molecule has 0 aliphatic heterocycles. The van der Waals surface area contributed by atoms with Crippen LogP contribution in [0.2, 0.25) is 0 Å². The lowest BCUT2D eigenvalue weighted by Crippen LogP contribution is -2.23. The molecule has 0 fully saturated rings. The van der Waals surface area contributed by atoms with Crippen molar-refractivity contribution in [3.8, 4) is 11.4 Å². The van der Waals surface area contributed by atoms with Gasteiger partial charge < -0.3 is 10.0 Å². The van der Waals surface area contributed by atoms with Gasteiger partial charge in [-0.15, -0.1) is 11.3 Å². The number of aliphatic hydroxyl groups excluding tert-OH is 1. The van der Waals surface area contributed by atoms with E-state index in [1.807, 2.05) is 24.1 Å². The lowest BCUT2D eigenvalue weighted by Gasteiger charge is -2.19. The summed E-state index contributed by atoms with van der Waals surface area (Å²) in [5.41, 5.74) is 2.10. The normalized spacial score (nSPS) is 11.1. The third kappa shape index (κ3) is 2.55. The van der Waals surface area contributed by atoms with E-state index in [0.29, 0.717) is 12.4 Å². The maximum atomic E-state index is 9.24. The van der Waals surface area contributed by atoms with Crippen LogP contribution in [0.3, 0.4) is 0 Å². The fourth-order valence-electron chi connectivity index (χ4n) is 2.38. The molecule has 3 heterocycles. The van der Waals surface area contributed by atoms with Crippen molar-refractivity contribution in [2.24, 2.45) is 0 Å². The van der Waals surface area contributed by atoms with Gasteiger partial charge in [-0.3, -0.25) is 4.98 Å². The predicted molar refractivity (Wildman–Crippen MR) is 90.5 cm³/mol. The predicted octanol–water partition coefficient (Wildman–Crippen LogP) is 2.80. The van der Waals surface area contributed by atoms with Crippen LogP contribution in [0.5, 0.6) is 0 Å². The second-order valence-corrected chi connectivity index (χ2v) is 6.42. The molecule has 0 aliphatic carbocycles. The molecular formula is C16H18N4OS. The van der Waals surface area contributed by atoms with E-state index in [0.717, 1.165) is 21.6 Å². The summed E-state index contributed by atoms with van der Waals surface area (Å²) in [7, 11) is 1.94. The molecule has 0 bridgehead atoms. The Morgan fingerprint density at radius 2 is 2.09 bits per heavy atom. The minimum Gasteiger partial charge on any atom is -0.395 e. The molecule has 0 atom stereocenters. The number of thiophene rings is 1. The number of aryl methyl sites for hydroxylation is 2. The molecule has 3 rings (SSSR count). The number of nitrogens with zero attached hydrogens (tertiary/aromatic N) is 4. The van der Waals surface area contributed by atoms with Crippen LogP contribution in [0.15, 0.2) is 24.5 Å². The van der Waals surface area contributed by atoms with E-state index < -0.39 is 0 Å². The van der Waals surface area contributed by atoms with Crippen LogP contribution < -0.4 is 4.90 Å². The van der Waals surface area contributed by atoms with Crippen LogP contribution in [0.4, 0.5) is 5.82 Å². The van der Waals surface area contributed by atoms with Crippen LogP contribution in [0, 0.1) is 13.8 Å². The van der Waals surface area contributed by atoms with Gasteiger partial charge in [-0.25, -0.2) is 9.97 Å². The van der Waals surface area contributed by atoms with Crippen LogP contribution in [-0.2, 0) is 0 Å². The monoisotopic (exact) mass is 314 g/mol. The zero-order valence-electron chi connectivity index (χ0n) is 12.9. The first-order chi connectivity index (χ1) is 10.6. The fraction of sp³-hybridized carbons (Fsp3) is 0.312. The molecule has 22 heavy (non-hydrogen) atoms. The SMILES string of the molecule is Cc1sc2nc(-c3cccnc3)nc(N(C)CCO)c2c1C. The van der Waals surface area contributed by atoms with Crippen LogP contribution in [0.1, 0.15) is 10.4 Å². The maximum Gasteiger partial charge on any atom is 0.164 e. The summed E-state index contributed by atoms with van der Waals surface area (Å²) in [6.45, 7) is 4.82. The number of likely N-dealkylation sites (N-methyl/N-ethyl adjacent to an activating group) is 1. The Kier molecular flexibility index (Phi) is 4.04. The van der Waals surface area contributed by atoms with Crippen molar-refractivity contribution in [3.63, 3.8) is 0 Å². The Labute approximate surface area is 133 Å². The first kappa shape index (κ1) is 14.9. The first-order valence-corrected chi connectivity index (χ1v) is 7.93. The Morgan fingerprint density at radius 3 is 2.77 bits per heavy atom. The lowest BCUT2D eigenvalue weighted by atomic mass is 10.2. The van der Waals surface area contributed by atoms with E-state index in [1.54, 1.807) is 23.7 Å². The number of rotatable bonds is 4. The van der Waals surface area contributed by atoms with Gasteiger partial charge >= 0.3 is 0 Å². The smallest absolute Gasteiger partial charge is 0.164 e. The molecule has 5 nitrogen and oxygen atoms in total. The number of fused-ring (bicyclic) bond motifs is 1. The van der Waals surface area contributed by atoms with Gasteiger partial charge in [0.15, 0.2) is 5.82 Å². The van der Waals surface area contributed by atoms with E-state index in [4.69, 9.17) is 9.97 Å². The van der Waals surface area contributed by atoms with E-state index in [-0.39, 0.29) is 6.61 Å². The van der Waals surface area contributed by atoms with E-state index >= 15 is 0 Å². The van der Waals surface area contributed by atoms with Crippen molar-refractivity contribution in [3.05, 3.63) is 35.0 Å². The standard InChI is InChI=1S/C16H18N4OS/c1-10-11(2)22-16-13(10)15(20(3)7-8-21)18-14(19-16)12-5-4-6-17-9-12/h4-6,9,21H,7-8H2,1-3H3. The minimum atomic E-state index is 0.0897. The fourth-order valence-corrected chi connectivity index (χ4v) is 3.41. The number of aromatic nitrogens is 3. The van der Waals surface area contributed by atoms with Crippen molar-refractivity contribution in [1.29, 1.82) is 0 Å². The average molecular weight is 314 g/mol. The van der Waals surface area contributed by atoms with Crippen LogP contribution >= 0.6 is 11.3 Å². The topological polar surface area (TPSA) is 62.1 Å². The van der Waals surface area contributed by atoms with Gasteiger partial charge in [-0.2, -0.15) is 0 Å². The van der Waals surface area contributed by atoms with Crippen molar-refractivity contribution >= 4 is 27.4 Å². The summed E-state index contributed by atoms with van der Waals surface area (Å²) < 4.78 is 0. The number of pyridine rings is 1. The van der Waals surface area contributed by atoms with Crippen molar-refractivity contribution in [1.82, 2.24) is 15.0 Å². The second-order valence-electron chi connectivity index (χ2n) is 5.22. The van der Waals surface area contributed by atoms with Gasteiger partial charge in [-0.1, -0.05) is 0 Å². The molecule has 0 aromatic carbocycles. The summed E-state index contributed by atoms with van der Waals surface area (Å²) in [5, 5.41) is 10.3. The van der Waals surface area contributed by atoms with Crippen LogP contribution in [-0.4, -0.2) is 40.3 Å². The first-order valence-electron chi connectivity index (χ1n) is 7.12. The number of aliphatic hydroxyl groups is 1. The number of anilines is 1. The summed E-state index contributed by atoms with van der Waals surface area (Å²) in [5.74, 6) is 1.53. The second kappa shape index (κ2) is 5.98. The zero-order valence-corrected chi connectivity index (χ0v) is 13.7. The largest absolute Gasteiger partial charge is 0.395 e. The molecule has 0 spiro atoms. The van der Waals surface area contributed by atoms with E-state index in [9.17, 15) is 5.11 Å². The maximum absolute atomic E-state index is 9.24. The number of hydrogen-bond acceptors (Lipinski definition) is 6. The molecule has 114 valence electrons. The highest BCUT2D eigenvalue weighted by Crippen LogP contribution is 2.36. The summed E-state index contributed by atoms with van der Waals surface area (Å²) in [4.78, 5) is 17.8. The highest BCUT2D eigenvalue weighted by Gasteiger charge is 2.17. The molecule has 0 saturated carbocycles. The molecule has 1 N–H and O–H groups in total. The van der Waals surface area contributed by atoms with Gasteiger partial charge in [0, 0.05) is 36.4 Å². The Hall–Kier alpha value is -2.05. The van der Waals surface area contributed by atoms with Gasteiger partial charge in [0.05, 0.1) is 12.0 Å². The quantitative estimate of drug-likeness (QED) is 0.802. The molecule has 0 radical (unpaired) electrons. The summed E-state index contributed by atoms with van der Waals surface area (Å²) >= 11 is 1.68. The average Bonchev–Trinajstić information content (AvgIpc) is 2.82. The molecular weight excluding hydrogens is 296 g/mol. The van der Waals surface area contributed by atoms with Crippen molar-refractivity contribution in [2.45, 2.75) is 13.8 Å². The third-order valence-corrected chi connectivity index (χ3v) is 4.83. The van der Waals surface area contributed by atoms with Crippen LogP contribution in [0.25, 0.3) is 21.6 Å². The molecule has 0 saturated heterocycles. The van der Waals surface area contributed by atoms with Crippen molar-refractivity contribution in [2.75, 3.05) is 25.1 Å². The Balaban J connectivity index is 2.25.